The molecule has 2 aromatic heterocycles. The minimum Gasteiger partial charge on any atom is -0.465 e. The molecule has 2 heterocycles. The number of nitrogens with zero attached hydrogens (tertiary/aromatic N) is 2. The minimum absolute atomic E-state index is 0.0530. The average Bonchev–Trinajstić information content (AvgIpc) is 3.12. The van der Waals surface area contributed by atoms with E-state index in [4.69, 9.17) is 0 Å². The van der Waals surface area contributed by atoms with E-state index in [9.17, 15) is 18.3 Å². The van der Waals surface area contributed by atoms with E-state index in [1.807, 2.05) is 51.1 Å². The fourth-order valence-electron chi connectivity index (χ4n) is 3.23. The predicted octanol–water partition coefficient (Wildman–Crippen LogP) is 4.77. The van der Waals surface area contributed by atoms with Gasteiger partial charge in [0.1, 0.15) is 4.90 Å². The molecule has 31 heavy (non-hydrogen) atoms. The molecule has 3 aromatic rings. The smallest absolute Gasteiger partial charge is 0.404 e. The topological polar surface area (TPSA) is 101 Å². The maximum absolute atomic E-state index is 13.4. The van der Waals surface area contributed by atoms with E-state index < -0.39 is 22.2 Å². The van der Waals surface area contributed by atoms with E-state index >= 15 is 0 Å². The molecule has 3 rings (SSSR count). The maximum Gasteiger partial charge on any atom is 0.404 e. The Morgan fingerprint density at radius 3 is 2.45 bits per heavy atom. The molecule has 164 valence electrons. The second-order valence-corrected chi connectivity index (χ2v) is 11.0. The van der Waals surface area contributed by atoms with E-state index in [-0.39, 0.29) is 10.3 Å². The Morgan fingerprint density at radius 1 is 1.19 bits per heavy atom. The van der Waals surface area contributed by atoms with Crippen molar-refractivity contribution in [1.29, 1.82) is 0 Å². The highest BCUT2D eigenvalue weighted by molar-refractivity contribution is 9.10. The maximum atomic E-state index is 13.4. The van der Waals surface area contributed by atoms with Crippen LogP contribution in [0.3, 0.4) is 0 Å². The highest BCUT2D eigenvalue weighted by atomic mass is 79.9. The molecule has 0 saturated heterocycles. The van der Waals surface area contributed by atoms with Crippen LogP contribution >= 0.6 is 15.9 Å². The number of carbonyl (C=O) groups is 1. The van der Waals surface area contributed by atoms with Crippen molar-refractivity contribution in [2.24, 2.45) is 5.41 Å². The average molecular weight is 506 g/mol. The van der Waals surface area contributed by atoms with Crippen LogP contribution in [0, 0.1) is 5.41 Å². The number of nitrogens with one attached hydrogen (secondary N) is 1. The molecule has 0 bridgehead atoms. The van der Waals surface area contributed by atoms with E-state index in [2.05, 4.69) is 26.2 Å². The second kappa shape index (κ2) is 8.84. The second-order valence-electron chi connectivity index (χ2n) is 8.31. The number of amides is 1. The van der Waals surface area contributed by atoms with Crippen LogP contribution in [0.1, 0.15) is 26.3 Å². The van der Waals surface area contributed by atoms with Gasteiger partial charge in [0.05, 0.1) is 5.69 Å². The van der Waals surface area contributed by atoms with Gasteiger partial charge in [-0.3, -0.25) is 4.98 Å². The van der Waals surface area contributed by atoms with Gasteiger partial charge in [0.15, 0.2) is 0 Å². The Balaban J connectivity index is 2.13. The minimum atomic E-state index is -3.93. The number of rotatable bonds is 6. The monoisotopic (exact) mass is 505 g/mol. The van der Waals surface area contributed by atoms with Crippen molar-refractivity contribution in [1.82, 2.24) is 14.3 Å². The van der Waals surface area contributed by atoms with E-state index in [1.54, 1.807) is 12.3 Å². The zero-order chi connectivity index (χ0) is 22.8. The van der Waals surface area contributed by atoms with Gasteiger partial charge in [-0.1, -0.05) is 51.1 Å². The fourth-order valence-corrected chi connectivity index (χ4v) is 5.14. The molecular formula is C22H24BrN3O4S. The SMILES string of the molecule is CC(C)(C)C(Cc1cc(-c2ccccc2)n(S(=O)(=O)c2cncc(Br)c2)c1)NC(=O)O. The van der Waals surface area contributed by atoms with Gasteiger partial charge < -0.3 is 10.4 Å². The largest absolute Gasteiger partial charge is 0.465 e. The summed E-state index contributed by atoms with van der Waals surface area (Å²) >= 11 is 3.27. The lowest BCUT2D eigenvalue weighted by Gasteiger charge is -2.30. The molecule has 1 unspecified atom stereocenters. The van der Waals surface area contributed by atoms with Gasteiger partial charge in [-0.2, -0.15) is 0 Å². The molecule has 1 amide bonds. The summed E-state index contributed by atoms with van der Waals surface area (Å²) in [6.07, 6.45) is 3.60. The van der Waals surface area contributed by atoms with Gasteiger partial charge in [0.25, 0.3) is 10.0 Å². The molecule has 0 spiro atoms. The lowest BCUT2D eigenvalue weighted by molar-refractivity contribution is 0.174. The van der Waals surface area contributed by atoms with Gasteiger partial charge in [-0.15, -0.1) is 0 Å². The molecule has 0 fully saturated rings. The zero-order valence-electron chi connectivity index (χ0n) is 17.4. The Kier molecular flexibility index (Phi) is 6.56. The molecule has 9 heteroatoms. The summed E-state index contributed by atoms with van der Waals surface area (Å²) in [5.74, 6) is 0. The van der Waals surface area contributed by atoms with Crippen molar-refractivity contribution in [2.45, 2.75) is 38.1 Å². The van der Waals surface area contributed by atoms with Crippen molar-refractivity contribution in [3.05, 3.63) is 71.1 Å². The first-order chi connectivity index (χ1) is 14.5. The number of aromatic nitrogens is 2. The standard InChI is InChI=1S/C22H24BrN3O4S/c1-22(2,3)20(25-21(27)28)10-15-9-19(16-7-5-4-6-8-16)26(14-15)31(29,30)18-11-17(23)12-24-13-18/h4-9,11-14,20,25H,10H2,1-3H3,(H,27,28). The molecule has 1 aromatic carbocycles. The Morgan fingerprint density at radius 2 is 1.87 bits per heavy atom. The number of hydrogen-bond donors (Lipinski definition) is 2. The zero-order valence-corrected chi connectivity index (χ0v) is 19.8. The van der Waals surface area contributed by atoms with Crippen molar-refractivity contribution in [3.63, 3.8) is 0 Å². The molecule has 0 aliphatic rings. The number of pyridine rings is 1. The van der Waals surface area contributed by atoms with E-state index in [0.717, 1.165) is 5.56 Å². The Labute approximate surface area is 190 Å². The van der Waals surface area contributed by atoms with E-state index in [1.165, 1.54) is 22.4 Å². The Hall–Kier alpha value is -2.65. The van der Waals surface area contributed by atoms with Gasteiger partial charge in [-0.05, 0) is 51.0 Å². The first kappa shape index (κ1) is 23.0. The summed E-state index contributed by atoms with van der Waals surface area (Å²) in [5, 5.41) is 11.8. The first-order valence-electron chi connectivity index (χ1n) is 9.61. The van der Waals surface area contributed by atoms with Crippen LogP contribution in [0.15, 0.2) is 70.4 Å². The number of carboxylic acid groups (broad SMARTS) is 1. The number of benzene rings is 1. The van der Waals surface area contributed by atoms with Gasteiger partial charge >= 0.3 is 6.09 Å². The van der Waals surface area contributed by atoms with Crippen LogP contribution in [0.4, 0.5) is 4.79 Å². The normalized spacial score (nSPS) is 13.0. The summed E-state index contributed by atoms with van der Waals surface area (Å²) < 4.78 is 28.7. The van der Waals surface area contributed by atoms with Gasteiger partial charge in [-0.25, -0.2) is 17.2 Å². The quantitative estimate of drug-likeness (QED) is 0.502. The van der Waals surface area contributed by atoms with Crippen molar-refractivity contribution < 1.29 is 18.3 Å². The summed E-state index contributed by atoms with van der Waals surface area (Å²) in [4.78, 5) is 15.3. The summed E-state index contributed by atoms with van der Waals surface area (Å²) in [5.41, 5.74) is 1.58. The van der Waals surface area contributed by atoms with Crippen LogP contribution in [0.25, 0.3) is 11.3 Å². The Bertz CT molecular complexity index is 1180. The van der Waals surface area contributed by atoms with Crippen LogP contribution in [-0.2, 0) is 16.4 Å². The molecule has 0 aliphatic heterocycles. The highest BCUT2D eigenvalue weighted by Gasteiger charge is 2.29. The third kappa shape index (κ3) is 5.34. The lowest BCUT2D eigenvalue weighted by atomic mass is 9.83. The molecule has 2 N–H and O–H groups in total. The number of halogens is 1. The van der Waals surface area contributed by atoms with Crippen molar-refractivity contribution in [2.75, 3.05) is 0 Å². The van der Waals surface area contributed by atoms with Crippen LogP contribution in [0.2, 0.25) is 0 Å². The van der Waals surface area contributed by atoms with Gasteiger partial charge in [0, 0.05) is 29.1 Å². The first-order valence-corrected chi connectivity index (χ1v) is 11.8. The van der Waals surface area contributed by atoms with E-state index in [0.29, 0.717) is 22.2 Å². The molecule has 0 aliphatic carbocycles. The molecule has 0 radical (unpaired) electrons. The molecular weight excluding hydrogens is 482 g/mol. The summed E-state index contributed by atoms with van der Waals surface area (Å²) in [6.45, 7) is 5.81. The fraction of sp³-hybridized carbons (Fsp3) is 0.273. The lowest BCUT2D eigenvalue weighted by Crippen LogP contribution is -2.44. The third-order valence-electron chi connectivity index (χ3n) is 4.93. The third-order valence-corrected chi connectivity index (χ3v) is 7.00. The van der Waals surface area contributed by atoms with Crippen LogP contribution in [0.5, 0.6) is 0 Å². The predicted molar refractivity (Wildman–Crippen MR) is 122 cm³/mol. The highest BCUT2D eigenvalue weighted by Crippen LogP contribution is 2.30. The van der Waals surface area contributed by atoms with Crippen molar-refractivity contribution >= 4 is 32.0 Å². The summed E-state index contributed by atoms with van der Waals surface area (Å²) in [6, 6.07) is 12.1. The molecule has 1 atom stereocenters. The van der Waals surface area contributed by atoms with Crippen molar-refractivity contribution in [3.8, 4) is 11.3 Å². The molecule has 7 nitrogen and oxygen atoms in total. The number of hydrogen-bond acceptors (Lipinski definition) is 4. The van der Waals surface area contributed by atoms with Crippen LogP contribution < -0.4 is 5.32 Å². The van der Waals surface area contributed by atoms with Crippen LogP contribution in [-0.4, -0.2) is 34.6 Å². The van der Waals surface area contributed by atoms with Gasteiger partial charge in [0.2, 0.25) is 0 Å². The summed E-state index contributed by atoms with van der Waals surface area (Å²) in [7, 11) is -3.93. The molecule has 0 saturated carbocycles.